The minimum atomic E-state index is -0.0833. The molecule has 1 aliphatic heterocycles. The van der Waals surface area contributed by atoms with Crippen molar-refractivity contribution in [2.75, 3.05) is 27.2 Å². The summed E-state index contributed by atoms with van der Waals surface area (Å²) in [5, 5.41) is 8.09. The Morgan fingerprint density at radius 2 is 1.66 bits per heavy atom. The second kappa shape index (κ2) is 16.3. The first kappa shape index (κ1) is 29.6. The maximum atomic E-state index is 11.6. The molecule has 32 heavy (non-hydrogen) atoms. The lowest BCUT2D eigenvalue weighted by Gasteiger charge is -2.22. The molecule has 7 heteroatoms. The van der Waals surface area contributed by atoms with E-state index in [1.807, 2.05) is 42.2 Å². The maximum Gasteiger partial charge on any atom is 0.236 e. The zero-order valence-electron chi connectivity index (χ0n) is 21.0. The van der Waals surface area contributed by atoms with Crippen LogP contribution in [0, 0.1) is 5.41 Å². The number of rotatable bonds is 7. The average molecular weight is 449 g/mol. The van der Waals surface area contributed by atoms with Crippen LogP contribution in [0.2, 0.25) is 0 Å². The lowest BCUT2D eigenvalue weighted by atomic mass is 9.92. The van der Waals surface area contributed by atoms with E-state index in [4.69, 9.17) is 0 Å². The Labute approximate surface area is 194 Å². The van der Waals surface area contributed by atoms with E-state index in [9.17, 15) is 14.4 Å². The quantitative estimate of drug-likeness (QED) is 0.559. The molecule has 0 radical (unpaired) electrons. The van der Waals surface area contributed by atoms with Gasteiger partial charge in [-0.25, -0.2) is 0 Å². The summed E-state index contributed by atoms with van der Waals surface area (Å²) in [6.07, 6.45) is 4.74. The van der Waals surface area contributed by atoms with Gasteiger partial charge in [0.25, 0.3) is 0 Å². The van der Waals surface area contributed by atoms with Crippen molar-refractivity contribution in [3.05, 3.63) is 35.9 Å². The van der Waals surface area contributed by atoms with E-state index < -0.39 is 0 Å². The van der Waals surface area contributed by atoms with Crippen LogP contribution in [0.15, 0.2) is 30.3 Å². The highest BCUT2D eigenvalue weighted by Crippen LogP contribution is 2.21. The largest absolute Gasteiger partial charge is 0.358 e. The fourth-order valence-electron chi connectivity index (χ4n) is 3.10. The molecule has 0 saturated carbocycles. The second-order valence-electron chi connectivity index (χ2n) is 9.11. The van der Waals surface area contributed by atoms with Crippen molar-refractivity contribution in [1.29, 1.82) is 0 Å². The number of hydrogen-bond donors (Lipinski definition) is 3. The first-order valence-electron chi connectivity index (χ1n) is 11.5. The number of nitrogens with one attached hydrogen (secondary N) is 3. The molecule has 3 N–H and O–H groups in total. The number of carbonyl (C=O) groups is 3. The summed E-state index contributed by atoms with van der Waals surface area (Å²) in [4.78, 5) is 34.4. The van der Waals surface area contributed by atoms with Crippen LogP contribution in [0.1, 0.15) is 71.9 Å². The molecule has 0 spiro atoms. The number of benzene rings is 1. The number of nitrogens with zero attached hydrogens (tertiary/aromatic N) is 1. The monoisotopic (exact) mass is 448 g/mol. The maximum absolute atomic E-state index is 11.6. The second-order valence-corrected chi connectivity index (χ2v) is 9.11. The summed E-state index contributed by atoms with van der Waals surface area (Å²) in [5.74, 6) is 0.354. The number of carbonyl (C=O) groups excluding carboxylic acids is 3. The van der Waals surface area contributed by atoms with Crippen LogP contribution in [0.5, 0.6) is 0 Å². The third-order valence-electron chi connectivity index (χ3n) is 5.09. The number of amides is 3. The molecule has 0 bridgehead atoms. The highest BCUT2D eigenvalue weighted by molar-refractivity contribution is 5.80. The van der Waals surface area contributed by atoms with Crippen LogP contribution in [0.4, 0.5) is 0 Å². The Morgan fingerprint density at radius 3 is 2.03 bits per heavy atom. The standard InChI is InChI=1S/C10H19NO.C10H13NO.C5H12N2O/c1-10(2,3)8-9(12)11-6-4-5-7-11;1-2-10(11-8-12)9-6-4-3-5-7-9;1-4(6-2)5(8)7-3/h4-8H2,1-3H3;3-8,10H,2H2,1H3,(H,11,12);4,6H,1-3H3,(H,7,8). The zero-order chi connectivity index (χ0) is 24.6. The van der Waals surface area contributed by atoms with Crippen LogP contribution in [-0.4, -0.2) is 56.4 Å². The van der Waals surface area contributed by atoms with Gasteiger partial charge in [-0.2, -0.15) is 0 Å². The molecule has 1 fully saturated rings. The van der Waals surface area contributed by atoms with E-state index in [0.29, 0.717) is 12.3 Å². The van der Waals surface area contributed by atoms with Crippen molar-refractivity contribution in [1.82, 2.24) is 20.9 Å². The SMILES string of the molecule is CC(C)(C)CC(=O)N1CCCC1.CCC(NC=O)c1ccccc1.CNC(=O)C(C)NC. The van der Waals surface area contributed by atoms with Crippen molar-refractivity contribution in [3.63, 3.8) is 0 Å². The van der Waals surface area contributed by atoms with Crippen LogP contribution < -0.4 is 16.0 Å². The average Bonchev–Trinajstić information content (AvgIpc) is 3.32. The summed E-state index contributed by atoms with van der Waals surface area (Å²) >= 11 is 0. The smallest absolute Gasteiger partial charge is 0.236 e. The summed E-state index contributed by atoms with van der Waals surface area (Å²) in [7, 11) is 3.37. The predicted octanol–water partition coefficient (Wildman–Crippen LogP) is 3.27. The fraction of sp³-hybridized carbons (Fsp3) is 0.640. The Morgan fingerprint density at radius 1 is 1.09 bits per heavy atom. The van der Waals surface area contributed by atoms with Gasteiger partial charge in [0, 0.05) is 26.6 Å². The van der Waals surface area contributed by atoms with E-state index in [1.165, 1.54) is 12.8 Å². The molecular weight excluding hydrogens is 404 g/mol. The number of likely N-dealkylation sites (tertiary alicyclic amines) is 1. The van der Waals surface area contributed by atoms with Gasteiger partial charge in [-0.1, -0.05) is 58.0 Å². The molecule has 2 unspecified atom stereocenters. The van der Waals surface area contributed by atoms with Gasteiger partial charge in [-0.05, 0) is 44.2 Å². The molecule has 1 saturated heterocycles. The van der Waals surface area contributed by atoms with Crippen molar-refractivity contribution < 1.29 is 14.4 Å². The van der Waals surface area contributed by atoms with Crippen LogP contribution in [0.3, 0.4) is 0 Å². The van der Waals surface area contributed by atoms with Gasteiger partial charge in [0.15, 0.2) is 0 Å². The van der Waals surface area contributed by atoms with E-state index in [1.54, 1.807) is 21.0 Å². The minimum Gasteiger partial charge on any atom is -0.358 e. The molecule has 1 heterocycles. The number of hydrogen-bond acceptors (Lipinski definition) is 4. The van der Waals surface area contributed by atoms with E-state index >= 15 is 0 Å². The Hall–Kier alpha value is -2.41. The van der Waals surface area contributed by atoms with Gasteiger partial charge >= 0.3 is 0 Å². The lowest BCUT2D eigenvalue weighted by molar-refractivity contribution is -0.132. The summed E-state index contributed by atoms with van der Waals surface area (Å²) in [5.41, 5.74) is 1.30. The van der Waals surface area contributed by atoms with Gasteiger partial charge in [0.05, 0.1) is 12.1 Å². The molecular formula is C25H44N4O3. The third-order valence-corrected chi connectivity index (χ3v) is 5.09. The van der Waals surface area contributed by atoms with Crippen molar-refractivity contribution in [2.24, 2.45) is 5.41 Å². The van der Waals surface area contributed by atoms with Crippen molar-refractivity contribution in [2.45, 2.75) is 72.4 Å². The molecule has 1 aromatic carbocycles. The van der Waals surface area contributed by atoms with Gasteiger partial charge < -0.3 is 20.9 Å². The molecule has 3 amide bonds. The molecule has 1 aromatic rings. The lowest BCUT2D eigenvalue weighted by Crippen LogP contribution is -2.38. The highest BCUT2D eigenvalue weighted by Gasteiger charge is 2.22. The molecule has 7 nitrogen and oxygen atoms in total. The van der Waals surface area contributed by atoms with Crippen molar-refractivity contribution in [3.8, 4) is 0 Å². The minimum absolute atomic E-state index is 0.0208. The predicted molar refractivity (Wildman–Crippen MR) is 131 cm³/mol. The first-order valence-corrected chi connectivity index (χ1v) is 11.5. The Bertz CT molecular complexity index is 653. The van der Waals surface area contributed by atoms with E-state index in [0.717, 1.165) is 31.5 Å². The van der Waals surface area contributed by atoms with Gasteiger partial charge in [0.1, 0.15) is 0 Å². The molecule has 0 aromatic heterocycles. The first-order chi connectivity index (χ1) is 15.1. The van der Waals surface area contributed by atoms with Gasteiger partial charge in [-0.15, -0.1) is 0 Å². The topological polar surface area (TPSA) is 90.5 Å². The molecule has 2 rings (SSSR count). The molecule has 0 aliphatic carbocycles. The van der Waals surface area contributed by atoms with Gasteiger partial charge in [0.2, 0.25) is 18.2 Å². The molecule has 1 aliphatic rings. The highest BCUT2D eigenvalue weighted by atomic mass is 16.2. The van der Waals surface area contributed by atoms with Crippen LogP contribution in [0.25, 0.3) is 0 Å². The zero-order valence-corrected chi connectivity index (χ0v) is 21.0. The summed E-state index contributed by atoms with van der Waals surface area (Å²) in [6, 6.07) is 10.0. The normalized spacial score (nSPS) is 14.7. The fourth-order valence-corrected chi connectivity index (χ4v) is 3.10. The summed E-state index contributed by atoms with van der Waals surface area (Å²) < 4.78 is 0. The van der Waals surface area contributed by atoms with E-state index in [2.05, 4.69) is 36.7 Å². The number of likely N-dealkylation sites (N-methyl/N-ethyl adjacent to an activating group) is 2. The van der Waals surface area contributed by atoms with E-state index in [-0.39, 0.29) is 23.4 Å². The summed E-state index contributed by atoms with van der Waals surface area (Å²) in [6.45, 7) is 12.2. The van der Waals surface area contributed by atoms with Crippen LogP contribution >= 0.6 is 0 Å². The Balaban J connectivity index is 0.000000462. The third kappa shape index (κ3) is 13.1. The van der Waals surface area contributed by atoms with Crippen LogP contribution in [-0.2, 0) is 14.4 Å². The molecule has 182 valence electrons. The van der Waals surface area contributed by atoms with Crippen molar-refractivity contribution >= 4 is 18.2 Å². The van der Waals surface area contributed by atoms with Gasteiger partial charge in [-0.3, -0.25) is 14.4 Å². The Kier molecular flexibility index (Phi) is 15.0. The molecule has 2 atom stereocenters.